The Morgan fingerprint density at radius 1 is 1.24 bits per heavy atom. The minimum Gasteiger partial charge on any atom is -0.381 e. The molecule has 0 spiro atoms. The lowest BCUT2D eigenvalue weighted by Crippen LogP contribution is -2.03. The smallest absolute Gasteiger partial charge is 0.304 e. The van der Waals surface area contributed by atoms with Crippen molar-refractivity contribution < 1.29 is 9.31 Å². The predicted octanol–water partition coefficient (Wildman–Crippen LogP) is 4.22. The quantitative estimate of drug-likeness (QED) is 0.661. The molecule has 1 aliphatic carbocycles. The van der Waals surface area contributed by atoms with Crippen LogP contribution >= 0.6 is 0 Å². The summed E-state index contributed by atoms with van der Waals surface area (Å²) in [7, 11) is 0. The van der Waals surface area contributed by atoms with Gasteiger partial charge in [0.05, 0.1) is 4.92 Å². The fourth-order valence-corrected chi connectivity index (χ4v) is 2.45. The Bertz CT molecular complexity index is 684. The largest absolute Gasteiger partial charge is 0.381 e. The zero-order valence-electron chi connectivity index (χ0n) is 11.4. The van der Waals surface area contributed by atoms with E-state index in [0.29, 0.717) is 18.2 Å². The van der Waals surface area contributed by atoms with Crippen molar-refractivity contribution in [3.63, 3.8) is 0 Å². The van der Waals surface area contributed by atoms with Crippen molar-refractivity contribution in [3.05, 3.63) is 69.5 Å². The first kappa shape index (κ1) is 13.5. The van der Waals surface area contributed by atoms with Crippen molar-refractivity contribution in [2.75, 3.05) is 5.32 Å². The Morgan fingerprint density at radius 3 is 2.67 bits per heavy atom. The predicted molar refractivity (Wildman–Crippen MR) is 78.8 cm³/mol. The van der Waals surface area contributed by atoms with Gasteiger partial charge in [-0.3, -0.25) is 10.1 Å². The van der Waals surface area contributed by atoms with Crippen LogP contribution in [0.15, 0.2) is 42.5 Å². The molecule has 4 nitrogen and oxygen atoms in total. The highest BCUT2D eigenvalue weighted by Gasteiger charge is 2.25. The van der Waals surface area contributed by atoms with Gasteiger partial charge in [-0.25, -0.2) is 0 Å². The number of rotatable bonds is 5. The van der Waals surface area contributed by atoms with Crippen molar-refractivity contribution >= 4 is 11.4 Å². The van der Waals surface area contributed by atoms with Crippen LogP contribution in [0.3, 0.4) is 0 Å². The third kappa shape index (κ3) is 3.02. The first-order valence-electron chi connectivity index (χ1n) is 6.91. The van der Waals surface area contributed by atoms with E-state index >= 15 is 0 Å². The third-order valence-corrected chi connectivity index (χ3v) is 3.70. The van der Waals surface area contributed by atoms with Gasteiger partial charge in [-0.05, 0) is 36.0 Å². The molecular formula is C16H15FN2O2. The van der Waals surface area contributed by atoms with Gasteiger partial charge >= 0.3 is 5.69 Å². The van der Waals surface area contributed by atoms with Crippen LogP contribution in [0.4, 0.5) is 15.8 Å². The van der Waals surface area contributed by atoms with Crippen molar-refractivity contribution in [2.45, 2.75) is 25.3 Å². The summed E-state index contributed by atoms with van der Waals surface area (Å²) >= 11 is 0. The van der Waals surface area contributed by atoms with Crippen molar-refractivity contribution in [3.8, 4) is 0 Å². The zero-order chi connectivity index (χ0) is 14.8. The van der Waals surface area contributed by atoms with Crippen LogP contribution in [0.25, 0.3) is 0 Å². The first-order valence-corrected chi connectivity index (χ1v) is 6.91. The molecule has 5 heteroatoms. The Morgan fingerprint density at radius 2 is 2.00 bits per heavy atom. The van der Waals surface area contributed by atoms with Gasteiger partial charge < -0.3 is 5.32 Å². The van der Waals surface area contributed by atoms with Crippen LogP contribution in [-0.2, 0) is 6.54 Å². The van der Waals surface area contributed by atoms with Gasteiger partial charge in [0.25, 0.3) is 0 Å². The van der Waals surface area contributed by atoms with E-state index in [0.717, 1.165) is 6.07 Å². The van der Waals surface area contributed by atoms with Crippen molar-refractivity contribution in [2.24, 2.45) is 0 Å². The van der Waals surface area contributed by atoms with E-state index in [9.17, 15) is 14.5 Å². The number of nitrogens with zero attached hydrogens (tertiary/aromatic N) is 1. The van der Waals surface area contributed by atoms with E-state index in [4.69, 9.17) is 0 Å². The molecule has 0 unspecified atom stereocenters. The number of benzene rings is 2. The average molecular weight is 286 g/mol. The lowest BCUT2D eigenvalue weighted by Gasteiger charge is -2.11. The molecule has 1 fully saturated rings. The standard InChI is InChI=1S/C16H15FN2O2/c17-15-9-13(7-8-16(15)19(20)21)18-10-12-3-1-2-4-14(12)11-5-6-11/h1-4,7-9,11,18H,5-6,10H2. The highest BCUT2D eigenvalue weighted by molar-refractivity contribution is 5.50. The molecular weight excluding hydrogens is 271 g/mol. The maximum Gasteiger partial charge on any atom is 0.304 e. The summed E-state index contributed by atoms with van der Waals surface area (Å²) < 4.78 is 13.6. The van der Waals surface area contributed by atoms with E-state index in [1.165, 1.54) is 36.1 Å². The summed E-state index contributed by atoms with van der Waals surface area (Å²) in [6, 6.07) is 12.1. The molecule has 21 heavy (non-hydrogen) atoms. The van der Waals surface area contributed by atoms with Gasteiger partial charge in [0.1, 0.15) is 0 Å². The second kappa shape index (κ2) is 5.52. The van der Waals surface area contributed by atoms with Crippen LogP contribution in [0.1, 0.15) is 29.9 Å². The second-order valence-corrected chi connectivity index (χ2v) is 5.25. The summed E-state index contributed by atoms with van der Waals surface area (Å²) in [6.07, 6.45) is 2.45. The van der Waals surface area contributed by atoms with Gasteiger partial charge in [-0.2, -0.15) is 4.39 Å². The molecule has 2 aromatic carbocycles. The maximum atomic E-state index is 13.6. The number of halogens is 1. The number of nitro benzene ring substituents is 1. The third-order valence-electron chi connectivity index (χ3n) is 3.70. The first-order chi connectivity index (χ1) is 10.1. The van der Waals surface area contributed by atoms with E-state index in [1.807, 2.05) is 12.1 Å². The number of nitrogens with one attached hydrogen (secondary N) is 1. The number of nitro groups is 1. The Labute approximate surface area is 121 Å². The molecule has 1 N–H and O–H groups in total. The fourth-order valence-electron chi connectivity index (χ4n) is 2.45. The molecule has 108 valence electrons. The monoisotopic (exact) mass is 286 g/mol. The topological polar surface area (TPSA) is 55.2 Å². The van der Waals surface area contributed by atoms with Crippen LogP contribution in [-0.4, -0.2) is 4.92 Å². The molecule has 1 aliphatic rings. The van der Waals surface area contributed by atoms with Gasteiger partial charge in [0, 0.05) is 24.4 Å². The molecule has 0 aromatic heterocycles. The van der Waals surface area contributed by atoms with Gasteiger partial charge in [0.15, 0.2) is 0 Å². The minimum absolute atomic E-state index is 0.501. The lowest BCUT2D eigenvalue weighted by molar-refractivity contribution is -0.387. The highest BCUT2D eigenvalue weighted by atomic mass is 19.1. The normalized spacial score (nSPS) is 14.0. The van der Waals surface area contributed by atoms with E-state index in [1.54, 1.807) is 0 Å². The molecule has 3 rings (SSSR count). The van der Waals surface area contributed by atoms with Crippen molar-refractivity contribution in [1.82, 2.24) is 0 Å². The van der Waals surface area contributed by atoms with Gasteiger partial charge in [-0.15, -0.1) is 0 Å². The highest BCUT2D eigenvalue weighted by Crippen LogP contribution is 2.41. The van der Waals surface area contributed by atoms with Crippen LogP contribution in [0.2, 0.25) is 0 Å². The molecule has 0 radical (unpaired) electrons. The van der Waals surface area contributed by atoms with Crippen LogP contribution in [0, 0.1) is 15.9 Å². The molecule has 0 bridgehead atoms. The zero-order valence-corrected chi connectivity index (χ0v) is 11.4. The van der Waals surface area contributed by atoms with E-state index in [2.05, 4.69) is 17.4 Å². The summed E-state index contributed by atoms with van der Waals surface area (Å²) in [5, 5.41) is 13.7. The molecule has 2 aromatic rings. The molecule has 0 saturated heterocycles. The van der Waals surface area contributed by atoms with Crippen LogP contribution < -0.4 is 5.32 Å². The summed E-state index contributed by atoms with van der Waals surface area (Å²) in [6.45, 7) is 0.587. The Hall–Kier alpha value is -2.43. The maximum absolute atomic E-state index is 13.6. The van der Waals surface area contributed by atoms with Gasteiger partial charge in [-0.1, -0.05) is 24.3 Å². The number of anilines is 1. The number of hydrogen-bond acceptors (Lipinski definition) is 3. The molecule has 0 heterocycles. The Balaban J connectivity index is 1.73. The SMILES string of the molecule is O=[N+]([O-])c1ccc(NCc2ccccc2C2CC2)cc1F. The van der Waals surface area contributed by atoms with Crippen molar-refractivity contribution in [1.29, 1.82) is 0 Å². The second-order valence-electron chi connectivity index (χ2n) is 5.25. The summed E-state index contributed by atoms with van der Waals surface area (Å²) in [5.74, 6) is -0.169. The van der Waals surface area contributed by atoms with E-state index < -0.39 is 16.4 Å². The van der Waals surface area contributed by atoms with Crippen LogP contribution in [0.5, 0.6) is 0 Å². The molecule has 1 saturated carbocycles. The fraction of sp³-hybridized carbons (Fsp3) is 0.250. The van der Waals surface area contributed by atoms with E-state index in [-0.39, 0.29) is 0 Å². The minimum atomic E-state index is -0.819. The Kier molecular flexibility index (Phi) is 3.56. The molecule has 0 amide bonds. The molecule has 0 aliphatic heterocycles. The average Bonchev–Trinajstić information content (AvgIpc) is 3.29. The summed E-state index contributed by atoms with van der Waals surface area (Å²) in [5.41, 5.74) is 2.58. The van der Waals surface area contributed by atoms with Gasteiger partial charge in [0.2, 0.25) is 5.82 Å². The number of hydrogen-bond donors (Lipinski definition) is 1. The lowest BCUT2D eigenvalue weighted by atomic mass is 10.0. The summed E-state index contributed by atoms with van der Waals surface area (Å²) in [4.78, 5) is 9.86. The molecule has 0 atom stereocenters.